The number of halogens is 1. The molecule has 2 aromatic carbocycles. The van der Waals surface area contributed by atoms with Crippen LogP contribution in [0.15, 0.2) is 59.6 Å². The predicted molar refractivity (Wildman–Crippen MR) is 136 cm³/mol. The maximum absolute atomic E-state index is 11.1. The lowest BCUT2D eigenvalue weighted by atomic mass is 10.2. The Hall–Kier alpha value is -2.33. The number of benzene rings is 2. The van der Waals surface area contributed by atoms with E-state index in [2.05, 4.69) is 40.0 Å². The van der Waals surface area contributed by atoms with E-state index in [4.69, 9.17) is 9.47 Å². The summed E-state index contributed by atoms with van der Waals surface area (Å²) in [6, 6.07) is 17.5. The Kier molecular flexibility index (Phi) is 13.3. The standard InChI is InChI=1S/C23H32N4O3.HI/c1-18(16-29-17-20-8-5-4-6-9-20)15-26-23(24-3)25-12-13-30-22-11-7-10-21(14-22)27-19(2)28;/h4-11,14,18H,12-13,15-17H2,1-3H3,(H,27,28)(H2,24,25,26);1H. The van der Waals surface area contributed by atoms with Crippen molar-refractivity contribution in [3.63, 3.8) is 0 Å². The van der Waals surface area contributed by atoms with Crippen molar-refractivity contribution in [1.82, 2.24) is 10.6 Å². The topological polar surface area (TPSA) is 84.0 Å². The second-order valence-corrected chi connectivity index (χ2v) is 7.04. The van der Waals surface area contributed by atoms with Crippen LogP contribution in [0.5, 0.6) is 5.75 Å². The molecule has 0 spiro atoms. The van der Waals surface area contributed by atoms with Gasteiger partial charge in [0.05, 0.1) is 19.8 Å². The minimum atomic E-state index is -0.108. The van der Waals surface area contributed by atoms with Gasteiger partial charge in [0.2, 0.25) is 5.91 Å². The van der Waals surface area contributed by atoms with Crippen molar-refractivity contribution in [2.75, 3.05) is 38.7 Å². The molecular formula is C23H33IN4O3. The Morgan fingerprint density at radius 2 is 1.87 bits per heavy atom. The lowest BCUT2D eigenvalue weighted by Crippen LogP contribution is -2.41. The van der Waals surface area contributed by atoms with E-state index in [0.29, 0.717) is 43.7 Å². The number of hydrogen-bond donors (Lipinski definition) is 3. The highest BCUT2D eigenvalue weighted by atomic mass is 127. The molecule has 3 N–H and O–H groups in total. The fraction of sp³-hybridized carbons (Fsp3) is 0.391. The van der Waals surface area contributed by atoms with E-state index >= 15 is 0 Å². The van der Waals surface area contributed by atoms with Crippen molar-refractivity contribution in [2.24, 2.45) is 10.9 Å². The fourth-order valence-corrected chi connectivity index (χ4v) is 2.71. The molecule has 2 aromatic rings. The van der Waals surface area contributed by atoms with E-state index in [1.165, 1.54) is 12.5 Å². The van der Waals surface area contributed by atoms with Crippen LogP contribution in [0.4, 0.5) is 5.69 Å². The number of rotatable bonds is 11. The summed E-state index contributed by atoms with van der Waals surface area (Å²) in [4.78, 5) is 15.4. The van der Waals surface area contributed by atoms with Gasteiger partial charge in [0.15, 0.2) is 5.96 Å². The third-order valence-electron chi connectivity index (χ3n) is 4.17. The molecule has 0 radical (unpaired) electrons. The van der Waals surface area contributed by atoms with Gasteiger partial charge >= 0.3 is 0 Å². The van der Waals surface area contributed by atoms with E-state index in [-0.39, 0.29) is 29.9 Å². The molecule has 0 bridgehead atoms. The first kappa shape index (κ1) is 26.7. The first-order chi connectivity index (χ1) is 14.6. The molecule has 0 aliphatic rings. The first-order valence-corrected chi connectivity index (χ1v) is 10.1. The van der Waals surface area contributed by atoms with Crippen LogP contribution in [0.25, 0.3) is 0 Å². The summed E-state index contributed by atoms with van der Waals surface area (Å²) in [5, 5.41) is 9.27. The second-order valence-electron chi connectivity index (χ2n) is 7.04. The van der Waals surface area contributed by atoms with E-state index < -0.39 is 0 Å². The summed E-state index contributed by atoms with van der Waals surface area (Å²) in [6.07, 6.45) is 0. The molecule has 0 aromatic heterocycles. The zero-order valence-corrected chi connectivity index (χ0v) is 20.7. The summed E-state index contributed by atoms with van der Waals surface area (Å²) in [7, 11) is 1.74. The molecule has 1 atom stereocenters. The molecule has 1 amide bonds. The number of guanidine groups is 1. The lowest BCUT2D eigenvalue weighted by molar-refractivity contribution is -0.114. The van der Waals surface area contributed by atoms with Gasteiger partial charge in [0.25, 0.3) is 0 Å². The molecule has 0 saturated carbocycles. The Bertz CT molecular complexity index is 802. The zero-order valence-electron chi connectivity index (χ0n) is 18.4. The van der Waals surface area contributed by atoms with Gasteiger partial charge in [-0.2, -0.15) is 0 Å². The van der Waals surface area contributed by atoms with Crippen LogP contribution in [0.1, 0.15) is 19.4 Å². The van der Waals surface area contributed by atoms with Crippen molar-refractivity contribution in [2.45, 2.75) is 20.5 Å². The third-order valence-corrected chi connectivity index (χ3v) is 4.17. The van der Waals surface area contributed by atoms with Crippen molar-refractivity contribution >= 4 is 41.5 Å². The van der Waals surface area contributed by atoms with E-state index in [9.17, 15) is 4.79 Å². The molecule has 0 aliphatic carbocycles. The van der Waals surface area contributed by atoms with E-state index in [1.807, 2.05) is 36.4 Å². The van der Waals surface area contributed by atoms with E-state index in [1.54, 1.807) is 13.1 Å². The molecular weight excluding hydrogens is 507 g/mol. The number of carbonyl (C=O) groups is 1. The second kappa shape index (κ2) is 15.5. The predicted octanol–water partition coefficient (Wildman–Crippen LogP) is 3.66. The van der Waals surface area contributed by atoms with Crippen molar-refractivity contribution < 1.29 is 14.3 Å². The van der Waals surface area contributed by atoms with Gasteiger partial charge in [-0.25, -0.2) is 0 Å². The highest BCUT2D eigenvalue weighted by Gasteiger charge is 2.05. The van der Waals surface area contributed by atoms with Crippen molar-refractivity contribution in [1.29, 1.82) is 0 Å². The monoisotopic (exact) mass is 540 g/mol. The number of nitrogens with one attached hydrogen (secondary N) is 3. The number of hydrogen-bond acceptors (Lipinski definition) is 4. The smallest absolute Gasteiger partial charge is 0.221 e. The van der Waals surface area contributed by atoms with Crippen molar-refractivity contribution in [3.05, 3.63) is 60.2 Å². The van der Waals surface area contributed by atoms with Crippen LogP contribution >= 0.6 is 24.0 Å². The largest absolute Gasteiger partial charge is 0.492 e. The fourth-order valence-electron chi connectivity index (χ4n) is 2.71. The summed E-state index contributed by atoms with van der Waals surface area (Å²) >= 11 is 0. The number of ether oxygens (including phenoxy) is 2. The maximum Gasteiger partial charge on any atom is 0.221 e. The van der Waals surface area contributed by atoms with E-state index in [0.717, 1.165) is 12.5 Å². The first-order valence-electron chi connectivity index (χ1n) is 10.1. The highest BCUT2D eigenvalue weighted by Crippen LogP contribution is 2.17. The third kappa shape index (κ3) is 11.6. The van der Waals surface area contributed by atoms with Crippen LogP contribution in [-0.2, 0) is 16.1 Å². The zero-order chi connectivity index (χ0) is 21.6. The Balaban J connectivity index is 0.00000480. The molecule has 2 rings (SSSR count). The quantitative estimate of drug-likeness (QED) is 0.176. The number of amides is 1. The number of aliphatic imine (C=N–C) groups is 1. The minimum absolute atomic E-state index is 0. The van der Waals surface area contributed by atoms with Gasteiger partial charge in [-0.1, -0.05) is 43.3 Å². The van der Waals surface area contributed by atoms with Crippen LogP contribution < -0.4 is 20.7 Å². The minimum Gasteiger partial charge on any atom is -0.492 e. The summed E-state index contributed by atoms with van der Waals surface area (Å²) < 4.78 is 11.5. The molecule has 0 heterocycles. The van der Waals surface area contributed by atoms with Crippen LogP contribution in [0.3, 0.4) is 0 Å². The average Bonchev–Trinajstić information content (AvgIpc) is 2.74. The van der Waals surface area contributed by atoms with Crippen LogP contribution in [-0.4, -0.2) is 45.2 Å². The SMILES string of the molecule is CN=C(NCCOc1cccc(NC(C)=O)c1)NCC(C)COCc1ccccc1.I. The number of nitrogens with zero attached hydrogens (tertiary/aromatic N) is 1. The maximum atomic E-state index is 11.1. The molecule has 31 heavy (non-hydrogen) atoms. The normalized spacial score (nSPS) is 11.8. The summed E-state index contributed by atoms with van der Waals surface area (Å²) in [6.45, 7) is 6.74. The molecule has 7 nitrogen and oxygen atoms in total. The Labute approximate surface area is 202 Å². The van der Waals surface area contributed by atoms with Crippen LogP contribution in [0, 0.1) is 5.92 Å². The van der Waals surface area contributed by atoms with Gasteiger partial charge in [-0.3, -0.25) is 9.79 Å². The Morgan fingerprint density at radius 1 is 1.10 bits per heavy atom. The summed E-state index contributed by atoms with van der Waals surface area (Å²) in [5.74, 6) is 1.67. The molecule has 1 unspecified atom stereocenters. The van der Waals surface area contributed by atoms with Gasteiger partial charge in [-0.05, 0) is 23.6 Å². The lowest BCUT2D eigenvalue weighted by Gasteiger charge is -2.16. The average molecular weight is 540 g/mol. The van der Waals surface area contributed by atoms with Crippen LogP contribution in [0.2, 0.25) is 0 Å². The van der Waals surface area contributed by atoms with Gasteiger partial charge < -0.3 is 25.4 Å². The molecule has 8 heteroatoms. The molecule has 170 valence electrons. The Morgan fingerprint density at radius 3 is 2.58 bits per heavy atom. The van der Waals surface area contributed by atoms with Crippen molar-refractivity contribution in [3.8, 4) is 5.75 Å². The number of carbonyl (C=O) groups excluding carboxylic acids is 1. The van der Waals surface area contributed by atoms with Gasteiger partial charge in [0.1, 0.15) is 12.4 Å². The highest BCUT2D eigenvalue weighted by molar-refractivity contribution is 14.0. The van der Waals surface area contributed by atoms with Gasteiger partial charge in [0, 0.05) is 32.3 Å². The van der Waals surface area contributed by atoms with Gasteiger partial charge in [-0.15, -0.1) is 24.0 Å². The molecule has 0 saturated heterocycles. The summed E-state index contributed by atoms with van der Waals surface area (Å²) in [5.41, 5.74) is 1.90. The molecule has 0 aliphatic heterocycles. The molecule has 0 fully saturated rings. The number of anilines is 1.